The van der Waals surface area contributed by atoms with Gasteiger partial charge in [0.05, 0.1) is 22.2 Å². The zero-order valence-electron chi connectivity index (χ0n) is 17.9. The fourth-order valence-electron chi connectivity index (χ4n) is 3.47. The summed E-state index contributed by atoms with van der Waals surface area (Å²) in [5.74, 6) is -0.337. The summed E-state index contributed by atoms with van der Waals surface area (Å²) in [6.07, 6.45) is 2.60. The van der Waals surface area contributed by atoms with Crippen molar-refractivity contribution in [3.63, 3.8) is 0 Å². The van der Waals surface area contributed by atoms with Crippen molar-refractivity contribution in [2.45, 2.75) is 28.4 Å². The molecule has 0 saturated carbocycles. The number of hydrogen-bond donors (Lipinski definition) is 1. The lowest BCUT2D eigenvalue weighted by Gasteiger charge is -2.17. The molecule has 34 heavy (non-hydrogen) atoms. The van der Waals surface area contributed by atoms with Gasteiger partial charge in [0, 0.05) is 25.5 Å². The van der Waals surface area contributed by atoms with Gasteiger partial charge in [0.2, 0.25) is 20.9 Å². The highest BCUT2D eigenvalue weighted by Crippen LogP contribution is 2.30. The first-order valence-corrected chi connectivity index (χ1v) is 14.2. The van der Waals surface area contributed by atoms with Crippen LogP contribution in [-0.2, 0) is 31.2 Å². The van der Waals surface area contributed by atoms with Crippen LogP contribution in [0.1, 0.15) is 17.5 Å². The summed E-state index contributed by atoms with van der Waals surface area (Å²) in [5, 5.41) is 8.69. The van der Waals surface area contributed by atoms with Crippen LogP contribution in [0, 0.1) is 11.3 Å². The lowest BCUT2D eigenvalue weighted by atomic mass is 10.1. The highest BCUT2D eigenvalue weighted by molar-refractivity contribution is 7.91. The maximum atomic E-state index is 12.9. The van der Waals surface area contributed by atoms with Gasteiger partial charge >= 0.3 is 0 Å². The number of nitrogens with one attached hydrogen (secondary N) is 1. The fourth-order valence-corrected chi connectivity index (χ4v) is 6.50. The van der Waals surface area contributed by atoms with Crippen LogP contribution in [0.25, 0.3) is 10.6 Å². The molecule has 1 N–H and O–H groups in total. The Hall–Kier alpha value is -3.18. The van der Waals surface area contributed by atoms with E-state index >= 15 is 0 Å². The van der Waals surface area contributed by atoms with Gasteiger partial charge in [-0.1, -0.05) is 12.1 Å². The quantitative estimate of drug-likeness (QED) is 0.464. The van der Waals surface area contributed by atoms with E-state index in [1.54, 1.807) is 29.2 Å². The number of sulfonamides is 1. The maximum Gasteiger partial charge on any atom is 0.250 e. The van der Waals surface area contributed by atoms with E-state index in [-0.39, 0.29) is 27.5 Å². The minimum Gasteiger partial charge on any atom is -0.337 e. The Morgan fingerprint density at radius 3 is 2.74 bits per heavy atom. The average molecular weight is 518 g/mol. The minimum absolute atomic E-state index is 0.0185. The van der Waals surface area contributed by atoms with Crippen molar-refractivity contribution in [2.24, 2.45) is 0 Å². The molecule has 4 rings (SSSR count). The molecule has 0 unspecified atom stereocenters. The second kappa shape index (κ2) is 9.22. The van der Waals surface area contributed by atoms with Gasteiger partial charge in [0.25, 0.3) is 10.0 Å². The zero-order chi connectivity index (χ0) is 24.5. The summed E-state index contributed by atoms with van der Waals surface area (Å²) in [6, 6.07) is 12.5. The van der Waals surface area contributed by atoms with E-state index in [0.717, 1.165) is 23.2 Å². The number of amides is 1. The molecule has 1 aliphatic rings. The molecule has 1 fully saturated rings. The second-order valence-corrected chi connectivity index (χ2v) is 12.6. The summed E-state index contributed by atoms with van der Waals surface area (Å²) < 4.78 is 51.7. The molecule has 1 atom stereocenters. The zero-order valence-corrected chi connectivity index (χ0v) is 20.3. The highest BCUT2D eigenvalue weighted by Gasteiger charge is 2.35. The molecule has 3 heterocycles. The van der Waals surface area contributed by atoms with Crippen LogP contribution in [0.15, 0.2) is 58.0 Å². The van der Waals surface area contributed by atoms with Gasteiger partial charge in [0.1, 0.15) is 10.3 Å². The van der Waals surface area contributed by atoms with Crippen LogP contribution in [0.2, 0.25) is 0 Å². The normalized spacial score (nSPS) is 16.5. The van der Waals surface area contributed by atoms with E-state index in [1.165, 1.54) is 24.4 Å². The number of likely N-dealkylation sites (tertiary alicyclic amines) is 1. The summed E-state index contributed by atoms with van der Waals surface area (Å²) in [5.41, 5.74) is 1.56. The Balaban J connectivity index is 1.47. The first-order chi connectivity index (χ1) is 16.1. The van der Waals surface area contributed by atoms with Gasteiger partial charge in [-0.2, -0.15) is 9.98 Å². The van der Waals surface area contributed by atoms with Crippen LogP contribution in [0.3, 0.4) is 0 Å². The van der Waals surface area contributed by atoms with E-state index < -0.39 is 25.9 Å². The highest BCUT2D eigenvalue weighted by atomic mass is 32.2. The topological polar surface area (TPSA) is 150 Å². The Bertz CT molecular complexity index is 1510. The third-order valence-electron chi connectivity index (χ3n) is 5.09. The number of benzene rings is 1. The molecule has 1 aliphatic heterocycles. The van der Waals surface area contributed by atoms with Crippen LogP contribution in [0.4, 0.5) is 0 Å². The predicted molar refractivity (Wildman–Crippen MR) is 124 cm³/mol. The second-order valence-electron chi connectivity index (χ2n) is 7.65. The smallest absolute Gasteiger partial charge is 0.250 e. The Morgan fingerprint density at radius 2 is 2.00 bits per heavy atom. The molecule has 0 radical (unpaired) electrons. The third-order valence-corrected chi connectivity index (χ3v) is 9.02. The molecular weight excluding hydrogens is 498 g/mol. The molecule has 3 aromatic rings. The van der Waals surface area contributed by atoms with Gasteiger partial charge in [-0.05, 0) is 42.3 Å². The van der Waals surface area contributed by atoms with Crippen LogP contribution >= 0.6 is 11.3 Å². The molecule has 2 aromatic heterocycles. The SMILES string of the molecule is CS(=O)(=O)c1nccc(-c2ccc(S(=O)(=O)N[C@H]3CCN(Cc4cccc(C#N)c4)C3=O)s2)n1. The van der Waals surface area contributed by atoms with Crippen LogP contribution in [0.5, 0.6) is 0 Å². The lowest BCUT2D eigenvalue weighted by Crippen LogP contribution is -2.41. The predicted octanol–water partition coefficient (Wildman–Crippen LogP) is 1.56. The largest absolute Gasteiger partial charge is 0.337 e. The van der Waals surface area contributed by atoms with E-state index in [9.17, 15) is 21.6 Å². The first-order valence-electron chi connectivity index (χ1n) is 10.0. The summed E-state index contributed by atoms with van der Waals surface area (Å²) >= 11 is 0.913. The molecule has 176 valence electrons. The molecular formula is C21H19N5O5S3. The number of sulfone groups is 1. The summed E-state index contributed by atoms with van der Waals surface area (Å²) in [4.78, 5) is 22.5. The number of nitrogens with zero attached hydrogens (tertiary/aromatic N) is 4. The van der Waals surface area contributed by atoms with Gasteiger partial charge < -0.3 is 4.90 Å². The van der Waals surface area contributed by atoms with Crippen molar-refractivity contribution in [1.82, 2.24) is 19.6 Å². The number of carbonyl (C=O) groups is 1. The molecule has 1 aromatic carbocycles. The fraction of sp³-hybridized carbons (Fsp3) is 0.238. The molecule has 1 amide bonds. The van der Waals surface area contributed by atoms with E-state index in [1.807, 2.05) is 0 Å². The van der Waals surface area contributed by atoms with Crippen molar-refractivity contribution in [1.29, 1.82) is 5.26 Å². The van der Waals surface area contributed by atoms with E-state index in [2.05, 4.69) is 20.8 Å². The van der Waals surface area contributed by atoms with Crippen molar-refractivity contribution in [3.8, 4) is 16.6 Å². The number of rotatable bonds is 7. The molecule has 0 spiro atoms. The molecule has 0 bridgehead atoms. The third kappa shape index (κ3) is 5.15. The van der Waals surface area contributed by atoms with Crippen LogP contribution < -0.4 is 4.72 Å². The van der Waals surface area contributed by atoms with Gasteiger partial charge in [-0.25, -0.2) is 26.8 Å². The first kappa shape index (κ1) is 24.0. The van der Waals surface area contributed by atoms with Crippen LogP contribution in [-0.4, -0.2) is 56.5 Å². The number of carbonyl (C=O) groups excluding carboxylic acids is 1. The molecule has 0 aliphatic carbocycles. The standard InChI is InChI=1S/C21H19N5O5S3/c1-33(28,29)21-23-9-7-16(24-21)18-5-6-19(32-18)34(30,31)25-17-8-10-26(20(17)27)13-15-4-2-3-14(11-15)12-22/h2-7,9,11,17,25H,8,10,13H2,1H3/t17-/m0/s1. The summed E-state index contributed by atoms with van der Waals surface area (Å²) in [6.45, 7) is 0.666. The number of nitriles is 1. The molecule has 13 heteroatoms. The van der Waals surface area contributed by atoms with Gasteiger partial charge in [-0.15, -0.1) is 11.3 Å². The van der Waals surface area contributed by atoms with Gasteiger partial charge in [-0.3, -0.25) is 4.79 Å². The van der Waals surface area contributed by atoms with Crippen molar-refractivity contribution < 1.29 is 21.6 Å². The molecule has 10 nitrogen and oxygen atoms in total. The Labute approximate surface area is 200 Å². The Morgan fingerprint density at radius 1 is 1.21 bits per heavy atom. The molecule has 1 saturated heterocycles. The minimum atomic E-state index is -3.99. The average Bonchev–Trinajstić information content (AvgIpc) is 3.43. The van der Waals surface area contributed by atoms with Crippen molar-refractivity contribution >= 4 is 37.1 Å². The van der Waals surface area contributed by atoms with E-state index in [4.69, 9.17) is 5.26 Å². The maximum absolute atomic E-state index is 12.9. The number of hydrogen-bond acceptors (Lipinski definition) is 9. The monoisotopic (exact) mass is 517 g/mol. The van der Waals surface area contributed by atoms with Crippen molar-refractivity contribution in [2.75, 3.05) is 12.8 Å². The Kier molecular flexibility index (Phi) is 6.50. The number of thiophene rings is 1. The summed E-state index contributed by atoms with van der Waals surface area (Å²) in [7, 11) is -7.61. The lowest BCUT2D eigenvalue weighted by molar-refractivity contribution is -0.129. The van der Waals surface area contributed by atoms with E-state index in [0.29, 0.717) is 23.4 Å². The van der Waals surface area contributed by atoms with Gasteiger partial charge in [0.15, 0.2) is 0 Å². The number of aromatic nitrogens is 2. The van der Waals surface area contributed by atoms with Crippen molar-refractivity contribution in [3.05, 3.63) is 59.8 Å².